The number of rotatable bonds is 4. The van der Waals surface area contributed by atoms with Crippen molar-refractivity contribution >= 4 is 17.3 Å². The minimum atomic E-state index is -0.858. The van der Waals surface area contributed by atoms with Crippen LogP contribution in [-0.2, 0) is 13.0 Å². The summed E-state index contributed by atoms with van der Waals surface area (Å²) in [4.78, 5) is 16.6. The molecule has 2 heterocycles. The van der Waals surface area contributed by atoms with Gasteiger partial charge in [0.2, 0.25) is 0 Å². The zero-order valence-corrected chi connectivity index (χ0v) is 10.6. The van der Waals surface area contributed by atoms with Gasteiger partial charge in [0.05, 0.1) is 0 Å². The number of aromatic carboxylic acids is 1. The van der Waals surface area contributed by atoms with Gasteiger partial charge in [-0.1, -0.05) is 0 Å². The lowest BCUT2D eigenvalue weighted by Crippen LogP contribution is -2.01. The zero-order valence-electron chi connectivity index (χ0n) is 9.80. The number of aromatic nitrogens is 2. The van der Waals surface area contributed by atoms with Gasteiger partial charge in [-0.05, 0) is 25.5 Å². The van der Waals surface area contributed by atoms with E-state index in [4.69, 9.17) is 5.11 Å². The predicted molar refractivity (Wildman–Crippen MR) is 66.7 cm³/mol. The summed E-state index contributed by atoms with van der Waals surface area (Å²) >= 11 is 1.33. The molecule has 0 bridgehead atoms. The van der Waals surface area contributed by atoms with Gasteiger partial charge in [-0.15, -0.1) is 11.3 Å². The highest BCUT2D eigenvalue weighted by Crippen LogP contribution is 2.24. The normalized spacial score (nSPS) is 10.7. The van der Waals surface area contributed by atoms with E-state index in [0.29, 0.717) is 11.3 Å². The Balaban J connectivity index is 2.27. The van der Waals surface area contributed by atoms with E-state index >= 15 is 0 Å². The van der Waals surface area contributed by atoms with Crippen molar-refractivity contribution in [1.29, 1.82) is 0 Å². The molecule has 0 aromatic carbocycles. The number of hydrogen-bond acceptors (Lipinski definition) is 3. The van der Waals surface area contributed by atoms with Crippen LogP contribution in [0.1, 0.15) is 32.9 Å². The number of carboxylic acid groups (broad SMARTS) is 1. The molecule has 0 aliphatic rings. The Morgan fingerprint density at radius 1 is 1.59 bits per heavy atom. The van der Waals surface area contributed by atoms with E-state index < -0.39 is 5.97 Å². The summed E-state index contributed by atoms with van der Waals surface area (Å²) in [5.41, 5.74) is 1.03. The molecule has 2 rings (SSSR count). The van der Waals surface area contributed by atoms with Gasteiger partial charge in [0.25, 0.3) is 0 Å². The summed E-state index contributed by atoms with van der Waals surface area (Å²) in [6.07, 6.45) is 4.42. The van der Waals surface area contributed by atoms with Gasteiger partial charge in [-0.3, -0.25) is 0 Å². The maximum Gasteiger partial charge on any atom is 0.345 e. The fourth-order valence-corrected chi connectivity index (χ4v) is 2.75. The van der Waals surface area contributed by atoms with E-state index in [0.717, 1.165) is 22.8 Å². The third-order valence-corrected chi connectivity index (χ3v) is 3.92. The number of nitrogens with zero attached hydrogens (tertiary/aromatic N) is 2. The van der Waals surface area contributed by atoms with Gasteiger partial charge in [-0.2, -0.15) is 0 Å². The Kier molecular flexibility index (Phi) is 3.28. The summed E-state index contributed by atoms with van der Waals surface area (Å²) in [5.74, 6) is 0.123. The Bertz CT molecular complexity index is 542. The van der Waals surface area contributed by atoms with Crippen LogP contribution in [0.2, 0.25) is 0 Å². The van der Waals surface area contributed by atoms with Crippen LogP contribution in [0.15, 0.2) is 18.5 Å². The van der Waals surface area contributed by atoms with Crippen LogP contribution < -0.4 is 0 Å². The number of thiophene rings is 1. The molecule has 0 spiro atoms. The highest BCUT2D eigenvalue weighted by Gasteiger charge is 2.13. The van der Waals surface area contributed by atoms with E-state index in [2.05, 4.69) is 16.5 Å². The molecule has 2 aromatic rings. The summed E-state index contributed by atoms with van der Waals surface area (Å²) in [7, 11) is 0. The Hall–Kier alpha value is -1.62. The first-order valence-corrected chi connectivity index (χ1v) is 6.26. The molecule has 1 N–H and O–H groups in total. The maximum absolute atomic E-state index is 10.9. The molecule has 90 valence electrons. The largest absolute Gasteiger partial charge is 0.477 e. The van der Waals surface area contributed by atoms with Crippen LogP contribution in [0, 0.1) is 6.92 Å². The van der Waals surface area contributed by atoms with Crippen molar-refractivity contribution in [2.45, 2.75) is 26.8 Å². The third-order valence-electron chi connectivity index (χ3n) is 2.69. The minimum absolute atomic E-state index is 0.395. The second-order valence-electron chi connectivity index (χ2n) is 3.83. The molecule has 2 aromatic heterocycles. The minimum Gasteiger partial charge on any atom is -0.477 e. The molecule has 0 unspecified atom stereocenters. The van der Waals surface area contributed by atoms with E-state index in [1.165, 1.54) is 11.3 Å². The molecule has 4 nitrogen and oxygen atoms in total. The molecule has 5 heteroatoms. The highest BCUT2D eigenvalue weighted by atomic mass is 32.1. The Morgan fingerprint density at radius 3 is 2.94 bits per heavy atom. The predicted octanol–water partition coefficient (Wildman–Crippen LogP) is 2.56. The summed E-state index contributed by atoms with van der Waals surface area (Å²) in [5, 5.41) is 8.94. The van der Waals surface area contributed by atoms with E-state index in [9.17, 15) is 4.79 Å². The monoisotopic (exact) mass is 250 g/mol. The fraction of sp³-hybridized carbons (Fsp3) is 0.333. The molecule has 0 aliphatic carbocycles. The lowest BCUT2D eigenvalue weighted by molar-refractivity contribution is 0.0702. The number of carboxylic acids is 1. The first kappa shape index (κ1) is 11.9. The maximum atomic E-state index is 10.9. The molecule has 0 amide bonds. The number of hydrogen-bond donors (Lipinski definition) is 1. The molecule has 0 fully saturated rings. The third kappa shape index (κ3) is 2.39. The number of carbonyl (C=O) groups is 1. The molecular formula is C12H14N2O2S. The number of aryl methyl sites for hydroxylation is 2. The Labute approximate surface area is 104 Å². The van der Waals surface area contributed by atoms with E-state index in [-0.39, 0.29) is 0 Å². The zero-order chi connectivity index (χ0) is 12.4. The van der Waals surface area contributed by atoms with Gasteiger partial charge in [0, 0.05) is 30.2 Å². The van der Waals surface area contributed by atoms with Gasteiger partial charge in [0.1, 0.15) is 10.7 Å². The summed E-state index contributed by atoms with van der Waals surface area (Å²) < 4.78 is 2.07. The first-order valence-electron chi connectivity index (χ1n) is 5.44. The fourth-order valence-electron chi connectivity index (χ4n) is 1.74. The summed E-state index contributed by atoms with van der Waals surface area (Å²) in [6.45, 7) is 4.89. The van der Waals surface area contributed by atoms with Crippen LogP contribution >= 0.6 is 11.3 Å². The molecule has 0 saturated heterocycles. The quantitative estimate of drug-likeness (QED) is 0.907. The smallest absolute Gasteiger partial charge is 0.345 e. The van der Waals surface area contributed by atoms with Crippen LogP contribution in [0.5, 0.6) is 0 Å². The lowest BCUT2D eigenvalue weighted by Gasteiger charge is -2.03. The van der Waals surface area contributed by atoms with Crippen molar-refractivity contribution in [2.75, 3.05) is 0 Å². The highest BCUT2D eigenvalue weighted by molar-refractivity contribution is 7.14. The number of imidazole rings is 1. The van der Waals surface area contributed by atoms with Crippen LogP contribution in [-0.4, -0.2) is 20.6 Å². The van der Waals surface area contributed by atoms with E-state index in [1.54, 1.807) is 12.3 Å². The van der Waals surface area contributed by atoms with Crippen molar-refractivity contribution in [3.8, 4) is 0 Å². The second-order valence-corrected chi connectivity index (χ2v) is 4.97. The lowest BCUT2D eigenvalue weighted by atomic mass is 10.2. The van der Waals surface area contributed by atoms with E-state index in [1.807, 2.05) is 13.1 Å². The van der Waals surface area contributed by atoms with Gasteiger partial charge < -0.3 is 9.67 Å². The molecule has 0 saturated carbocycles. The average Bonchev–Trinajstić information content (AvgIpc) is 2.87. The molecule has 0 aliphatic heterocycles. The first-order chi connectivity index (χ1) is 8.11. The van der Waals surface area contributed by atoms with Crippen molar-refractivity contribution in [3.63, 3.8) is 0 Å². The molecule has 0 atom stereocenters. The van der Waals surface area contributed by atoms with Crippen molar-refractivity contribution in [1.82, 2.24) is 9.55 Å². The van der Waals surface area contributed by atoms with Crippen LogP contribution in [0.4, 0.5) is 0 Å². The summed E-state index contributed by atoms with van der Waals surface area (Å²) in [6, 6.07) is 1.72. The van der Waals surface area contributed by atoms with Gasteiger partial charge >= 0.3 is 5.97 Å². The molecule has 17 heavy (non-hydrogen) atoms. The Morgan fingerprint density at radius 2 is 2.35 bits per heavy atom. The molecular weight excluding hydrogens is 236 g/mol. The van der Waals surface area contributed by atoms with Gasteiger partial charge in [-0.25, -0.2) is 9.78 Å². The van der Waals surface area contributed by atoms with Crippen LogP contribution in [0.3, 0.4) is 0 Å². The van der Waals surface area contributed by atoms with Crippen molar-refractivity contribution in [2.24, 2.45) is 0 Å². The second kappa shape index (κ2) is 4.71. The standard InChI is InChI=1S/C12H14N2O2S/c1-3-14-5-4-13-11(14)7-9-8(2)6-10(17-9)12(15)16/h4-6H,3,7H2,1-2H3,(H,15,16). The van der Waals surface area contributed by atoms with Gasteiger partial charge in [0.15, 0.2) is 0 Å². The van der Waals surface area contributed by atoms with Crippen molar-refractivity contribution < 1.29 is 9.90 Å². The average molecular weight is 250 g/mol. The van der Waals surface area contributed by atoms with Crippen LogP contribution in [0.25, 0.3) is 0 Å². The molecule has 0 radical (unpaired) electrons. The topological polar surface area (TPSA) is 55.1 Å². The SMILES string of the molecule is CCn1ccnc1Cc1sc(C(=O)O)cc1C. The van der Waals surface area contributed by atoms with Crippen molar-refractivity contribution in [3.05, 3.63) is 39.6 Å².